The second-order valence-electron chi connectivity index (χ2n) is 6.81. The molecule has 6 nitrogen and oxygen atoms in total. The molecule has 1 amide bonds. The molecule has 0 bridgehead atoms. The summed E-state index contributed by atoms with van der Waals surface area (Å²) in [7, 11) is 0. The van der Waals surface area contributed by atoms with Gasteiger partial charge in [0.05, 0.1) is 11.8 Å². The van der Waals surface area contributed by atoms with Crippen LogP contribution in [0, 0.1) is 0 Å². The molecule has 1 aromatic carbocycles. The molecule has 1 fully saturated rings. The summed E-state index contributed by atoms with van der Waals surface area (Å²) in [6.45, 7) is 4.28. The highest BCUT2D eigenvalue weighted by atomic mass is 32.2. The summed E-state index contributed by atoms with van der Waals surface area (Å²) in [5.41, 5.74) is 2.05. The van der Waals surface area contributed by atoms with Gasteiger partial charge in [0.15, 0.2) is 0 Å². The van der Waals surface area contributed by atoms with E-state index in [-0.39, 0.29) is 5.91 Å². The lowest BCUT2D eigenvalue weighted by molar-refractivity contribution is -0.113. The van der Waals surface area contributed by atoms with E-state index in [2.05, 4.69) is 40.8 Å². The second kappa shape index (κ2) is 8.47. The lowest BCUT2D eigenvalue weighted by Crippen LogP contribution is -2.17. The normalized spacial score (nSPS) is 15.5. The molecular formula is C18H25N5OS. The third-order valence-corrected chi connectivity index (χ3v) is 5.49. The Labute approximate surface area is 152 Å². The maximum Gasteiger partial charge on any atom is 0.234 e. The molecule has 0 aliphatic heterocycles. The zero-order valence-corrected chi connectivity index (χ0v) is 15.6. The Morgan fingerprint density at radius 1 is 1.32 bits per heavy atom. The molecule has 0 unspecified atom stereocenters. The fourth-order valence-corrected chi connectivity index (χ4v) is 3.88. The molecule has 0 atom stereocenters. The Hall–Kier alpha value is -1.89. The number of anilines is 1. The van der Waals surface area contributed by atoms with E-state index < -0.39 is 0 Å². The molecule has 3 rings (SSSR count). The fraction of sp³-hybridized carbons (Fsp3) is 0.556. The molecule has 25 heavy (non-hydrogen) atoms. The zero-order valence-electron chi connectivity index (χ0n) is 14.8. The number of hydrogen-bond donors (Lipinski definition) is 1. The quantitative estimate of drug-likeness (QED) is 0.788. The number of nitrogens with zero attached hydrogens (tertiary/aromatic N) is 4. The monoisotopic (exact) mass is 359 g/mol. The molecule has 1 aliphatic carbocycles. The van der Waals surface area contributed by atoms with Crippen LogP contribution >= 0.6 is 11.8 Å². The number of carbonyl (C=O) groups is 1. The van der Waals surface area contributed by atoms with Crippen LogP contribution in [-0.4, -0.2) is 31.9 Å². The Balaban J connectivity index is 1.56. The number of carbonyl (C=O) groups excluding carboxylic acids is 1. The molecule has 7 heteroatoms. The summed E-state index contributed by atoms with van der Waals surface area (Å²) < 4.78 is 1.90. The molecule has 1 aromatic heterocycles. The molecule has 1 heterocycles. The molecule has 1 saturated carbocycles. The van der Waals surface area contributed by atoms with Gasteiger partial charge in [0.2, 0.25) is 11.1 Å². The van der Waals surface area contributed by atoms with E-state index in [0.717, 1.165) is 23.7 Å². The summed E-state index contributed by atoms with van der Waals surface area (Å²) in [6.07, 6.45) is 5.97. The van der Waals surface area contributed by atoms with Gasteiger partial charge in [0, 0.05) is 5.69 Å². The first-order valence-corrected chi connectivity index (χ1v) is 9.92. The van der Waals surface area contributed by atoms with Crippen LogP contribution in [0.25, 0.3) is 0 Å². The van der Waals surface area contributed by atoms with Gasteiger partial charge in [-0.2, -0.15) is 0 Å². The highest BCUT2D eigenvalue weighted by Crippen LogP contribution is 2.30. The van der Waals surface area contributed by atoms with Crippen LogP contribution in [0.5, 0.6) is 0 Å². The Kier molecular flexibility index (Phi) is 6.07. The summed E-state index contributed by atoms with van der Waals surface area (Å²) in [4.78, 5) is 12.3. The van der Waals surface area contributed by atoms with Crippen LogP contribution in [0.4, 0.5) is 5.69 Å². The van der Waals surface area contributed by atoms with Crippen molar-refractivity contribution in [2.45, 2.75) is 63.1 Å². The van der Waals surface area contributed by atoms with Gasteiger partial charge in [-0.25, -0.2) is 4.68 Å². The van der Waals surface area contributed by atoms with Gasteiger partial charge in [-0.15, -0.1) is 5.10 Å². The van der Waals surface area contributed by atoms with Crippen LogP contribution in [0.1, 0.15) is 63.5 Å². The third-order valence-electron chi connectivity index (χ3n) is 4.55. The minimum absolute atomic E-state index is 0.0379. The van der Waals surface area contributed by atoms with E-state index in [9.17, 15) is 4.79 Å². The van der Waals surface area contributed by atoms with Crippen molar-refractivity contribution in [3.8, 4) is 0 Å². The lowest BCUT2D eigenvalue weighted by Gasteiger charge is -2.21. The number of rotatable bonds is 6. The molecule has 0 spiro atoms. The molecular weight excluding hydrogens is 334 g/mol. The van der Waals surface area contributed by atoms with Gasteiger partial charge < -0.3 is 5.32 Å². The predicted octanol–water partition coefficient (Wildman–Crippen LogP) is 4.03. The SMILES string of the molecule is CC(C)c1cccc(NC(=O)CSc2nnnn2C2CCCCC2)c1. The molecule has 1 aliphatic rings. The van der Waals surface area contributed by atoms with Gasteiger partial charge in [0.25, 0.3) is 0 Å². The van der Waals surface area contributed by atoms with Crippen molar-refractivity contribution in [3.63, 3.8) is 0 Å². The van der Waals surface area contributed by atoms with Crippen molar-refractivity contribution in [2.24, 2.45) is 0 Å². The Bertz CT molecular complexity index is 709. The highest BCUT2D eigenvalue weighted by Gasteiger charge is 2.20. The van der Waals surface area contributed by atoms with E-state index in [1.807, 2.05) is 22.9 Å². The average molecular weight is 359 g/mol. The van der Waals surface area contributed by atoms with Gasteiger partial charge in [-0.3, -0.25) is 4.79 Å². The first-order valence-electron chi connectivity index (χ1n) is 8.94. The topological polar surface area (TPSA) is 72.7 Å². The number of amides is 1. The third kappa shape index (κ3) is 4.81. The lowest BCUT2D eigenvalue weighted by atomic mass is 9.96. The molecule has 2 aromatic rings. The smallest absolute Gasteiger partial charge is 0.234 e. The molecule has 0 radical (unpaired) electrons. The second-order valence-corrected chi connectivity index (χ2v) is 7.76. The van der Waals surface area contributed by atoms with Crippen molar-refractivity contribution in [2.75, 3.05) is 11.1 Å². The number of nitrogens with one attached hydrogen (secondary N) is 1. The number of thioether (sulfide) groups is 1. The fourth-order valence-electron chi connectivity index (χ4n) is 3.14. The van der Waals surface area contributed by atoms with Crippen molar-refractivity contribution in [1.82, 2.24) is 20.2 Å². The molecule has 134 valence electrons. The van der Waals surface area contributed by atoms with Crippen LogP contribution in [0.15, 0.2) is 29.4 Å². The van der Waals surface area contributed by atoms with E-state index in [4.69, 9.17) is 0 Å². The summed E-state index contributed by atoms with van der Waals surface area (Å²) >= 11 is 1.40. The highest BCUT2D eigenvalue weighted by molar-refractivity contribution is 7.99. The van der Waals surface area contributed by atoms with Crippen LogP contribution in [-0.2, 0) is 4.79 Å². The summed E-state index contributed by atoms with van der Waals surface area (Å²) in [6, 6.07) is 8.37. The van der Waals surface area contributed by atoms with Crippen LogP contribution in [0.2, 0.25) is 0 Å². The van der Waals surface area contributed by atoms with Crippen molar-refractivity contribution >= 4 is 23.4 Å². The summed E-state index contributed by atoms with van der Waals surface area (Å²) in [5, 5.41) is 15.7. The Morgan fingerprint density at radius 3 is 2.88 bits per heavy atom. The maximum absolute atomic E-state index is 12.3. The van der Waals surface area contributed by atoms with Gasteiger partial charge in [-0.1, -0.05) is 57.0 Å². The van der Waals surface area contributed by atoms with Crippen molar-refractivity contribution < 1.29 is 4.79 Å². The summed E-state index contributed by atoms with van der Waals surface area (Å²) in [5.74, 6) is 0.703. The van der Waals surface area contributed by atoms with Crippen molar-refractivity contribution in [3.05, 3.63) is 29.8 Å². The Morgan fingerprint density at radius 2 is 2.12 bits per heavy atom. The maximum atomic E-state index is 12.3. The van der Waals surface area contributed by atoms with E-state index in [1.165, 1.54) is 36.6 Å². The predicted molar refractivity (Wildman–Crippen MR) is 99.8 cm³/mol. The average Bonchev–Trinajstić information content (AvgIpc) is 3.09. The first-order chi connectivity index (χ1) is 12.1. The van der Waals surface area contributed by atoms with E-state index in [1.54, 1.807) is 0 Å². The minimum Gasteiger partial charge on any atom is -0.325 e. The molecule has 1 N–H and O–H groups in total. The minimum atomic E-state index is -0.0379. The number of aromatic nitrogens is 4. The zero-order chi connectivity index (χ0) is 17.6. The largest absolute Gasteiger partial charge is 0.325 e. The van der Waals surface area contributed by atoms with Crippen LogP contribution < -0.4 is 5.32 Å². The number of tetrazole rings is 1. The molecule has 0 saturated heterocycles. The standard InChI is InChI=1S/C18H25N5OS/c1-13(2)14-7-6-8-15(11-14)19-17(24)12-25-18-20-21-22-23(18)16-9-4-3-5-10-16/h6-8,11,13,16H,3-5,9-10,12H2,1-2H3,(H,19,24). The van der Waals surface area contributed by atoms with Gasteiger partial charge >= 0.3 is 0 Å². The van der Waals surface area contributed by atoms with Crippen molar-refractivity contribution in [1.29, 1.82) is 0 Å². The van der Waals surface area contributed by atoms with Gasteiger partial charge in [0.1, 0.15) is 0 Å². The van der Waals surface area contributed by atoms with E-state index >= 15 is 0 Å². The number of benzene rings is 1. The van der Waals surface area contributed by atoms with E-state index in [0.29, 0.717) is 17.7 Å². The number of hydrogen-bond acceptors (Lipinski definition) is 5. The van der Waals surface area contributed by atoms with Crippen LogP contribution in [0.3, 0.4) is 0 Å². The van der Waals surface area contributed by atoms with Gasteiger partial charge in [-0.05, 0) is 46.9 Å². The first kappa shape index (κ1) is 17.9.